The molecule has 0 aliphatic carbocycles. The number of fused-ring (bicyclic) bond motifs is 4. The predicted octanol–water partition coefficient (Wildman–Crippen LogP) is 3.06. The molecule has 0 saturated carbocycles. The van der Waals surface area contributed by atoms with Gasteiger partial charge in [-0.2, -0.15) is 13.2 Å². The molecular formula is C22H32F3N3O5. The summed E-state index contributed by atoms with van der Waals surface area (Å²) in [6.45, 7) is 5.38. The van der Waals surface area contributed by atoms with Crippen LogP contribution in [-0.4, -0.2) is 67.3 Å². The van der Waals surface area contributed by atoms with Crippen molar-refractivity contribution >= 4 is 5.82 Å². The lowest BCUT2D eigenvalue weighted by Crippen LogP contribution is -2.63. The van der Waals surface area contributed by atoms with Gasteiger partial charge in [-0.25, -0.2) is 4.98 Å². The molecule has 2 bridgehead atoms. The van der Waals surface area contributed by atoms with Crippen LogP contribution in [0.1, 0.15) is 45.2 Å². The fourth-order valence-corrected chi connectivity index (χ4v) is 4.56. The summed E-state index contributed by atoms with van der Waals surface area (Å²) in [7, 11) is 0. The van der Waals surface area contributed by atoms with Crippen LogP contribution in [0, 0.1) is 0 Å². The van der Waals surface area contributed by atoms with Crippen LogP contribution in [0.25, 0.3) is 0 Å². The van der Waals surface area contributed by atoms with Gasteiger partial charge in [-0.15, -0.1) is 0 Å². The molecule has 3 N–H and O–H groups in total. The first kappa shape index (κ1) is 24.6. The van der Waals surface area contributed by atoms with E-state index in [2.05, 4.69) is 10.3 Å². The van der Waals surface area contributed by atoms with E-state index in [9.17, 15) is 13.2 Å². The molecule has 1 aromatic rings. The molecule has 11 heteroatoms. The highest BCUT2D eigenvalue weighted by molar-refractivity contribution is 5.39. The van der Waals surface area contributed by atoms with Gasteiger partial charge in [-0.3, -0.25) is 0 Å². The van der Waals surface area contributed by atoms with Gasteiger partial charge in [0.1, 0.15) is 35.4 Å². The number of halogens is 3. The Balaban J connectivity index is 1.44. The second-order valence-electron chi connectivity index (χ2n) is 9.21. The number of aromatic nitrogens is 1. The zero-order valence-electron chi connectivity index (χ0n) is 18.9. The van der Waals surface area contributed by atoms with Crippen molar-refractivity contribution in [3.05, 3.63) is 23.9 Å². The topological polar surface area (TPSA) is 97.1 Å². The van der Waals surface area contributed by atoms with E-state index >= 15 is 0 Å². The number of nitrogens with zero attached hydrogens (tertiary/aromatic N) is 1. The maximum Gasteiger partial charge on any atom is 0.433 e. The molecule has 0 spiro atoms. The number of nitrogens with two attached hydrogens (primary N) is 1. The SMILES string of the molecule is CC1(C)O[C@@H]2[C@@H](Nc3cccc(C(F)(F)F)n3)[C@H]3OC[C@](COCCCCCCN)(O3)[C@@H]2O1. The van der Waals surface area contributed by atoms with E-state index in [4.69, 9.17) is 29.4 Å². The number of alkyl halides is 3. The van der Waals surface area contributed by atoms with Crippen molar-refractivity contribution in [3.8, 4) is 0 Å². The third-order valence-corrected chi connectivity index (χ3v) is 6.08. The Bertz CT molecular complexity index is 812. The number of rotatable bonds is 10. The average molecular weight is 476 g/mol. The second kappa shape index (κ2) is 9.63. The first-order valence-corrected chi connectivity index (χ1v) is 11.4. The Morgan fingerprint density at radius 1 is 1.15 bits per heavy atom. The van der Waals surface area contributed by atoms with Gasteiger partial charge in [0, 0.05) is 6.61 Å². The van der Waals surface area contributed by atoms with Gasteiger partial charge in [0.2, 0.25) is 0 Å². The molecule has 4 rings (SSSR count). The van der Waals surface area contributed by atoms with E-state index in [1.54, 1.807) is 13.8 Å². The van der Waals surface area contributed by atoms with E-state index in [-0.39, 0.29) is 19.0 Å². The molecule has 3 fully saturated rings. The quantitative estimate of drug-likeness (QED) is 0.499. The standard InChI is InChI=1S/C22H32F3N3O5/c1-20(2)31-17-16(28-15-9-7-8-14(27-15)22(23,24)25)19-30-13-21(33-19,18(17)32-20)12-29-11-6-4-3-5-10-26/h7-9,16-19H,3-6,10-13,26H2,1-2H3,(H,27,28)/t16-,17-,18-,19+,21+/m1/s1. The molecule has 8 nitrogen and oxygen atoms in total. The smallest absolute Gasteiger partial charge is 0.378 e. The summed E-state index contributed by atoms with van der Waals surface area (Å²) in [5, 5.41) is 3.03. The van der Waals surface area contributed by atoms with Crippen LogP contribution in [0.15, 0.2) is 18.2 Å². The largest absolute Gasteiger partial charge is 0.433 e. The molecule has 186 valence electrons. The molecule has 5 atom stereocenters. The highest BCUT2D eigenvalue weighted by Crippen LogP contribution is 2.47. The highest BCUT2D eigenvalue weighted by Gasteiger charge is 2.66. The van der Waals surface area contributed by atoms with Crippen molar-refractivity contribution in [1.29, 1.82) is 0 Å². The van der Waals surface area contributed by atoms with Crippen LogP contribution in [0.2, 0.25) is 0 Å². The zero-order valence-corrected chi connectivity index (χ0v) is 18.9. The Kier molecular flexibility index (Phi) is 7.18. The Hall–Kier alpha value is -1.50. The maximum atomic E-state index is 13.1. The molecule has 0 amide bonds. The average Bonchev–Trinajstić information content (AvgIpc) is 3.30. The molecule has 3 saturated heterocycles. The number of hydrogen-bond acceptors (Lipinski definition) is 8. The molecule has 0 unspecified atom stereocenters. The van der Waals surface area contributed by atoms with Crippen LogP contribution in [0.5, 0.6) is 0 Å². The van der Waals surface area contributed by atoms with E-state index in [1.165, 1.54) is 12.1 Å². The molecule has 0 aromatic carbocycles. The van der Waals surface area contributed by atoms with Crippen molar-refractivity contribution < 1.29 is 36.9 Å². The molecule has 33 heavy (non-hydrogen) atoms. The van der Waals surface area contributed by atoms with Crippen molar-refractivity contribution in [3.63, 3.8) is 0 Å². The van der Waals surface area contributed by atoms with Crippen LogP contribution >= 0.6 is 0 Å². The van der Waals surface area contributed by atoms with Crippen LogP contribution < -0.4 is 11.1 Å². The molecular weight excluding hydrogens is 443 g/mol. The number of nitrogens with one attached hydrogen (secondary N) is 1. The monoisotopic (exact) mass is 475 g/mol. The van der Waals surface area contributed by atoms with Gasteiger partial charge in [-0.05, 0) is 45.4 Å². The van der Waals surface area contributed by atoms with Crippen molar-refractivity contribution in [2.75, 3.05) is 31.7 Å². The van der Waals surface area contributed by atoms with Gasteiger partial charge < -0.3 is 34.7 Å². The third-order valence-electron chi connectivity index (χ3n) is 6.08. The van der Waals surface area contributed by atoms with E-state index in [1.807, 2.05) is 0 Å². The fourth-order valence-electron chi connectivity index (χ4n) is 4.56. The minimum Gasteiger partial charge on any atom is -0.378 e. The van der Waals surface area contributed by atoms with Crippen LogP contribution in [-0.2, 0) is 29.9 Å². The molecule has 4 heterocycles. The number of pyridine rings is 1. The summed E-state index contributed by atoms with van der Waals surface area (Å²) >= 11 is 0. The lowest BCUT2D eigenvalue weighted by Gasteiger charge is -2.42. The number of unbranched alkanes of at least 4 members (excludes halogenated alkanes) is 3. The summed E-state index contributed by atoms with van der Waals surface area (Å²) in [5.41, 5.74) is 3.69. The Morgan fingerprint density at radius 3 is 2.70 bits per heavy atom. The lowest BCUT2D eigenvalue weighted by atomic mass is 9.88. The minimum atomic E-state index is -4.54. The first-order valence-electron chi connectivity index (χ1n) is 11.4. The summed E-state index contributed by atoms with van der Waals surface area (Å²) in [4.78, 5) is 3.70. The third kappa shape index (κ3) is 5.44. The second-order valence-corrected chi connectivity index (χ2v) is 9.21. The van der Waals surface area contributed by atoms with Crippen molar-refractivity contribution in [2.45, 2.75) is 81.6 Å². The molecule has 1 aromatic heterocycles. The fraction of sp³-hybridized carbons (Fsp3) is 0.773. The number of anilines is 1. The van der Waals surface area contributed by atoms with E-state index in [0.29, 0.717) is 13.2 Å². The van der Waals surface area contributed by atoms with Gasteiger partial charge >= 0.3 is 6.18 Å². The summed E-state index contributed by atoms with van der Waals surface area (Å²) in [6, 6.07) is 3.08. The van der Waals surface area contributed by atoms with Gasteiger partial charge in [0.25, 0.3) is 0 Å². The number of ether oxygens (including phenoxy) is 5. The molecule has 3 aliphatic heterocycles. The number of hydrogen-bond donors (Lipinski definition) is 2. The normalized spacial score (nSPS) is 32.7. The zero-order chi connectivity index (χ0) is 23.7. The van der Waals surface area contributed by atoms with Gasteiger partial charge in [0.05, 0.1) is 13.2 Å². The summed E-state index contributed by atoms with van der Waals surface area (Å²) in [6.07, 6.45) is -2.30. The Labute approximate surface area is 191 Å². The molecule has 3 aliphatic rings. The molecule has 0 radical (unpaired) electrons. The van der Waals surface area contributed by atoms with E-state index in [0.717, 1.165) is 31.7 Å². The van der Waals surface area contributed by atoms with Crippen LogP contribution in [0.4, 0.5) is 19.0 Å². The van der Waals surface area contributed by atoms with Gasteiger partial charge in [0.15, 0.2) is 12.1 Å². The lowest BCUT2D eigenvalue weighted by molar-refractivity contribution is -0.207. The van der Waals surface area contributed by atoms with E-state index < -0.39 is 47.8 Å². The van der Waals surface area contributed by atoms with Gasteiger partial charge in [-0.1, -0.05) is 18.9 Å². The first-order chi connectivity index (χ1) is 15.6. The maximum absolute atomic E-state index is 13.1. The Morgan fingerprint density at radius 2 is 1.94 bits per heavy atom. The van der Waals surface area contributed by atoms with Crippen molar-refractivity contribution in [2.24, 2.45) is 5.73 Å². The van der Waals surface area contributed by atoms with Crippen molar-refractivity contribution in [1.82, 2.24) is 4.98 Å². The van der Waals surface area contributed by atoms with Crippen LogP contribution in [0.3, 0.4) is 0 Å². The highest BCUT2D eigenvalue weighted by atomic mass is 19.4. The predicted molar refractivity (Wildman–Crippen MR) is 112 cm³/mol. The summed E-state index contributed by atoms with van der Waals surface area (Å²) in [5.74, 6) is -0.832. The summed E-state index contributed by atoms with van der Waals surface area (Å²) < 4.78 is 69.7. The minimum absolute atomic E-state index is 0.0576.